The van der Waals surface area contributed by atoms with Gasteiger partial charge in [0.15, 0.2) is 0 Å². The minimum absolute atomic E-state index is 0.472. The largest absolute Gasteiger partial charge is 0.497 e. The molecular weight excluding hydrogens is 258 g/mol. The molecule has 0 atom stereocenters. The molecule has 2 heteroatoms. The van der Waals surface area contributed by atoms with Crippen molar-refractivity contribution in [1.29, 1.82) is 0 Å². The van der Waals surface area contributed by atoms with Gasteiger partial charge >= 0.3 is 0 Å². The summed E-state index contributed by atoms with van der Waals surface area (Å²) in [5.41, 5.74) is 1.84. The number of rotatable bonds is 4. The van der Waals surface area contributed by atoms with Gasteiger partial charge in [-0.05, 0) is 61.8 Å². The quantitative estimate of drug-likeness (QED) is 0.794. The van der Waals surface area contributed by atoms with E-state index in [1.165, 1.54) is 31.2 Å². The normalized spacial score (nSPS) is 23.3. The van der Waals surface area contributed by atoms with E-state index in [0.29, 0.717) is 5.41 Å². The van der Waals surface area contributed by atoms with E-state index in [9.17, 15) is 0 Å². The molecule has 1 fully saturated rings. The third-order valence-electron chi connectivity index (χ3n) is 5.14. The molecule has 0 aliphatic heterocycles. The van der Waals surface area contributed by atoms with E-state index >= 15 is 0 Å². The third-order valence-corrected chi connectivity index (χ3v) is 5.14. The van der Waals surface area contributed by atoms with Crippen LogP contribution in [0.4, 0.5) is 0 Å². The van der Waals surface area contributed by atoms with Gasteiger partial charge in [-0.2, -0.15) is 0 Å². The van der Waals surface area contributed by atoms with Crippen molar-refractivity contribution in [2.24, 2.45) is 11.3 Å². The SMILES string of the molecule is COc1ccc(CN(C)C2CCC(C(C)(C)C)CC2)cc1. The third kappa shape index (κ3) is 4.47. The lowest BCUT2D eigenvalue weighted by atomic mass is 9.71. The Morgan fingerprint density at radius 1 is 1.05 bits per heavy atom. The molecule has 1 aromatic rings. The maximum atomic E-state index is 5.22. The Morgan fingerprint density at radius 3 is 2.10 bits per heavy atom. The maximum Gasteiger partial charge on any atom is 0.118 e. The van der Waals surface area contributed by atoms with Gasteiger partial charge in [-0.25, -0.2) is 0 Å². The summed E-state index contributed by atoms with van der Waals surface area (Å²) in [5, 5.41) is 0. The molecule has 0 heterocycles. The minimum Gasteiger partial charge on any atom is -0.497 e. The Balaban J connectivity index is 1.85. The summed E-state index contributed by atoms with van der Waals surface area (Å²) in [7, 11) is 3.99. The monoisotopic (exact) mass is 289 g/mol. The van der Waals surface area contributed by atoms with Gasteiger partial charge in [0.05, 0.1) is 7.11 Å². The molecule has 1 aliphatic rings. The maximum absolute atomic E-state index is 5.22. The van der Waals surface area contributed by atoms with Crippen LogP contribution in [0.2, 0.25) is 0 Å². The molecule has 0 bridgehead atoms. The fourth-order valence-electron chi connectivity index (χ4n) is 3.53. The van der Waals surface area contributed by atoms with E-state index in [1.54, 1.807) is 7.11 Å². The molecule has 0 radical (unpaired) electrons. The lowest BCUT2D eigenvalue weighted by Gasteiger charge is -2.40. The van der Waals surface area contributed by atoms with Gasteiger partial charge in [-0.15, -0.1) is 0 Å². The molecule has 0 spiro atoms. The molecule has 21 heavy (non-hydrogen) atoms. The van der Waals surface area contributed by atoms with Gasteiger partial charge in [0.2, 0.25) is 0 Å². The molecule has 1 saturated carbocycles. The Morgan fingerprint density at radius 2 is 1.62 bits per heavy atom. The van der Waals surface area contributed by atoms with Crippen molar-refractivity contribution >= 4 is 0 Å². The predicted molar refractivity (Wildman–Crippen MR) is 89.7 cm³/mol. The van der Waals surface area contributed by atoms with Crippen LogP contribution in [0.15, 0.2) is 24.3 Å². The zero-order valence-electron chi connectivity index (χ0n) is 14.4. The second-order valence-electron chi connectivity index (χ2n) is 7.63. The first-order valence-electron chi connectivity index (χ1n) is 8.23. The van der Waals surface area contributed by atoms with E-state index in [0.717, 1.165) is 24.3 Å². The number of hydrogen-bond donors (Lipinski definition) is 0. The van der Waals surface area contributed by atoms with Crippen LogP contribution in [0.3, 0.4) is 0 Å². The van der Waals surface area contributed by atoms with Crippen LogP contribution in [-0.2, 0) is 6.54 Å². The molecule has 0 saturated heterocycles. The Labute approximate surface area is 130 Å². The van der Waals surface area contributed by atoms with Crippen molar-refractivity contribution in [3.05, 3.63) is 29.8 Å². The van der Waals surface area contributed by atoms with Crippen molar-refractivity contribution in [3.8, 4) is 5.75 Å². The van der Waals surface area contributed by atoms with Gasteiger partial charge in [0.25, 0.3) is 0 Å². The minimum atomic E-state index is 0.472. The number of ether oxygens (including phenoxy) is 1. The van der Waals surface area contributed by atoms with E-state index in [-0.39, 0.29) is 0 Å². The van der Waals surface area contributed by atoms with Crippen LogP contribution < -0.4 is 4.74 Å². The lowest BCUT2D eigenvalue weighted by Crippen LogP contribution is -2.37. The van der Waals surface area contributed by atoms with Crippen molar-refractivity contribution in [2.75, 3.05) is 14.2 Å². The molecule has 0 aromatic heterocycles. The van der Waals surface area contributed by atoms with Gasteiger partial charge in [-0.1, -0.05) is 32.9 Å². The summed E-state index contributed by atoms with van der Waals surface area (Å²) in [6, 6.07) is 9.21. The van der Waals surface area contributed by atoms with Crippen molar-refractivity contribution in [2.45, 2.75) is 59.0 Å². The topological polar surface area (TPSA) is 12.5 Å². The van der Waals surface area contributed by atoms with Gasteiger partial charge in [0.1, 0.15) is 5.75 Å². The molecule has 1 aromatic carbocycles. The molecule has 0 N–H and O–H groups in total. The summed E-state index contributed by atoms with van der Waals surface area (Å²) in [4.78, 5) is 2.53. The number of methoxy groups -OCH3 is 1. The van der Waals surface area contributed by atoms with Gasteiger partial charge in [0, 0.05) is 12.6 Å². The second kappa shape index (κ2) is 6.83. The summed E-state index contributed by atoms with van der Waals surface area (Å²) >= 11 is 0. The zero-order valence-corrected chi connectivity index (χ0v) is 14.4. The molecule has 2 rings (SSSR count). The Kier molecular flexibility index (Phi) is 5.32. The summed E-state index contributed by atoms with van der Waals surface area (Å²) in [6.45, 7) is 8.20. The zero-order chi connectivity index (χ0) is 15.5. The second-order valence-corrected chi connectivity index (χ2v) is 7.63. The summed E-state index contributed by atoms with van der Waals surface area (Å²) in [5.74, 6) is 1.83. The van der Waals surface area contributed by atoms with Crippen LogP contribution in [-0.4, -0.2) is 25.1 Å². The van der Waals surface area contributed by atoms with Crippen LogP contribution in [0.25, 0.3) is 0 Å². The molecule has 2 nitrogen and oxygen atoms in total. The van der Waals surface area contributed by atoms with E-state index in [4.69, 9.17) is 4.74 Å². The first-order chi connectivity index (χ1) is 9.90. The van der Waals surface area contributed by atoms with Crippen molar-refractivity contribution < 1.29 is 4.74 Å². The van der Waals surface area contributed by atoms with Gasteiger partial charge in [-0.3, -0.25) is 4.90 Å². The summed E-state index contributed by atoms with van der Waals surface area (Å²) in [6.07, 6.45) is 5.44. The Bertz CT molecular complexity index is 424. The number of nitrogens with zero attached hydrogens (tertiary/aromatic N) is 1. The first kappa shape index (κ1) is 16.4. The highest BCUT2D eigenvalue weighted by Gasteiger charge is 2.30. The highest BCUT2D eigenvalue weighted by Crippen LogP contribution is 2.38. The predicted octanol–water partition coefficient (Wildman–Crippen LogP) is 4.73. The number of hydrogen-bond acceptors (Lipinski definition) is 2. The van der Waals surface area contributed by atoms with Crippen molar-refractivity contribution in [3.63, 3.8) is 0 Å². The Hall–Kier alpha value is -1.02. The van der Waals surface area contributed by atoms with E-state index in [2.05, 4.69) is 57.0 Å². The van der Waals surface area contributed by atoms with Crippen molar-refractivity contribution in [1.82, 2.24) is 4.90 Å². The molecule has 1 aliphatic carbocycles. The molecule has 0 unspecified atom stereocenters. The summed E-state index contributed by atoms with van der Waals surface area (Å²) < 4.78 is 5.22. The molecular formula is C19H31NO. The average Bonchev–Trinajstić information content (AvgIpc) is 2.47. The van der Waals surface area contributed by atoms with Crippen LogP contribution in [0.5, 0.6) is 5.75 Å². The van der Waals surface area contributed by atoms with Crippen LogP contribution in [0, 0.1) is 11.3 Å². The van der Waals surface area contributed by atoms with Crippen LogP contribution in [0.1, 0.15) is 52.0 Å². The average molecular weight is 289 g/mol. The fourth-order valence-corrected chi connectivity index (χ4v) is 3.53. The lowest BCUT2D eigenvalue weighted by molar-refractivity contribution is 0.107. The smallest absolute Gasteiger partial charge is 0.118 e. The fraction of sp³-hybridized carbons (Fsp3) is 0.684. The van der Waals surface area contributed by atoms with E-state index in [1.807, 2.05) is 0 Å². The molecule has 0 amide bonds. The van der Waals surface area contributed by atoms with Crippen LogP contribution >= 0.6 is 0 Å². The molecule has 118 valence electrons. The van der Waals surface area contributed by atoms with E-state index < -0.39 is 0 Å². The highest BCUT2D eigenvalue weighted by molar-refractivity contribution is 5.27. The van der Waals surface area contributed by atoms with Gasteiger partial charge < -0.3 is 4.74 Å². The standard InChI is InChI=1S/C19H31NO/c1-19(2,3)16-8-10-17(11-9-16)20(4)14-15-6-12-18(21-5)13-7-15/h6-7,12-13,16-17H,8-11,14H2,1-5H3. The first-order valence-corrected chi connectivity index (χ1v) is 8.23. The number of benzene rings is 1. The highest BCUT2D eigenvalue weighted by atomic mass is 16.5.